The third-order valence-corrected chi connectivity index (χ3v) is 16.8. The maximum Gasteiger partial charge on any atom is 0.252 e. The zero-order chi connectivity index (χ0) is 56.2. The van der Waals surface area contributed by atoms with Crippen molar-refractivity contribution >= 4 is 78.3 Å². The number of fused-ring (bicyclic) bond motifs is 2. The molecule has 26 heteroatoms. The second-order valence-corrected chi connectivity index (χ2v) is 23.6. The molecule has 2 aliphatic rings. The van der Waals surface area contributed by atoms with Gasteiger partial charge in [-0.2, -0.15) is 0 Å². The van der Waals surface area contributed by atoms with Gasteiger partial charge in [0.15, 0.2) is 12.2 Å². The fraction of sp³-hybridized carbons (Fsp3) is 0.500. The third-order valence-electron chi connectivity index (χ3n) is 12.8. The van der Waals surface area contributed by atoms with E-state index in [2.05, 4.69) is 29.9 Å². The Balaban J connectivity index is 0.709. The van der Waals surface area contributed by atoms with Crippen LogP contribution in [0.1, 0.15) is 45.5 Å². The number of ether oxygens (including phenoxy) is 6. The molecule has 430 valence electrons. The minimum Gasteiger partial charge on any atom is -0.380 e. The van der Waals surface area contributed by atoms with Crippen molar-refractivity contribution in [1.29, 1.82) is 0 Å². The molecule has 6 N–H and O–H groups in total. The second-order valence-electron chi connectivity index (χ2n) is 18.4. The zero-order valence-electron chi connectivity index (χ0n) is 43.4. The van der Waals surface area contributed by atoms with Crippen molar-refractivity contribution in [3.8, 4) is 0 Å². The maximum absolute atomic E-state index is 13.1. The molecule has 2 heterocycles. The Kier molecular flexibility index (Phi) is 25.7. The molecule has 0 saturated heterocycles. The molecule has 2 aliphatic heterocycles. The molecule has 4 atom stereocenters. The minimum absolute atomic E-state index is 0.00635. The molecule has 2 amide bonds. The van der Waals surface area contributed by atoms with Crippen LogP contribution in [0.5, 0.6) is 0 Å². The second kappa shape index (κ2) is 31.6. The Morgan fingerprint density at radius 1 is 0.526 bits per heavy atom. The van der Waals surface area contributed by atoms with Crippen LogP contribution in [0.25, 0.3) is 0 Å². The summed E-state index contributed by atoms with van der Waals surface area (Å²) in [5.41, 5.74) is 5.83. The number of halogens is 4. The van der Waals surface area contributed by atoms with Gasteiger partial charge in [0.25, 0.3) is 11.8 Å². The summed E-state index contributed by atoms with van der Waals surface area (Å²) in [5.74, 6) is -1.93. The van der Waals surface area contributed by atoms with Gasteiger partial charge in [-0.05, 0) is 109 Å². The summed E-state index contributed by atoms with van der Waals surface area (Å²) in [6, 6.07) is 20.9. The number of amides is 2. The van der Waals surface area contributed by atoms with E-state index in [0.29, 0.717) is 46.0 Å². The van der Waals surface area contributed by atoms with E-state index in [1.165, 1.54) is 0 Å². The highest BCUT2D eigenvalue weighted by atomic mass is 35.5. The van der Waals surface area contributed by atoms with E-state index in [0.717, 1.165) is 33.4 Å². The van der Waals surface area contributed by atoms with E-state index in [1.54, 1.807) is 48.5 Å². The van der Waals surface area contributed by atoms with Gasteiger partial charge < -0.3 is 49.3 Å². The molecule has 0 saturated carbocycles. The molecule has 0 bridgehead atoms. The van der Waals surface area contributed by atoms with Gasteiger partial charge in [0.1, 0.15) is 0 Å². The standard InChI is InChI=1S/C52H68Cl4N6O14S2/c1-61-33-43-37(25-39(53)31-45(43)55)29-47(61)35-5-3-7-41(27-35)77(67,68)59-11-15-73-19-23-75-21-17-71-13-9-57-51(65)49(63)50(64)52(66)58-10-14-72-18-22-76-24-20-74-16-12-60-78(69,70)42-8-4-6-36(28-42)48-30-38-26-40(54)32-46(56)44(38)34-62(48)2/h3-8,25-28,31-32,47-50,59-60,63-64H,9-24,29-30,33-34H2,1-2H3,(H,57,65)(H,58,66). The number of aliphatic hydroxyl groups is 2. The fourth-order valence-corrected chi connectivity index (χ4v) is 12.1. The van der Waals surface area contributed by atoms with Crippen molar-refractivity contribution in [3.63, 3.8) is 0 Å². The van der Waals surface area contributed by atoms with Crippen LogP contribution in [0.3, 0.4) is 0 Å². The van der Waals surface area contributed by atoms with Gasteiger partial charge in [0.2, 0.25) is 20.0 Å². The molecule has 4 unspecified atom stereocenters. The zero-order valence-corrected chi connectivity index (χ0v) is 48.1. The van der Waals surface area contributed by atoms with Gasteiger partial charge in [0, 0.05) is 71.4 Å². The topological polar surface area (TPSA) is 253 Å². The van der Waals surface area contributed by atoms with Gasteiger partial charge in [-0.25, -0.2) is 26.3 Å². The Bertz CT molecular complexity index is 2650. The van der Waals surface area contributed by atoms with E-state index in [9.17, 15) is 36.6 Å². The Hall–Kier alpha value is -3.60. The fourth-order valence-electron chi connectivity index (χ4n) is 8.74. The Morgan fingerprint density at radius 3 is 1.22 bits per heavy atom. The average molecular weight is 1210 g/mol. The molecule has 4 aromatic carbocycles. The molecule has 4 aromatic rings. The van der Waals surface area contributed by atoms with Gasteiger partial charge in [-0.1, -0.05) is 70.7 Å². The monoisotopic (exact) mass is 1200 g/mol. The number of benzene rings is 4. The lowest BCUT2D eigenvalue weighted by Crippen LogP contribution is -2.50. The first-order chi connectivity index (χ1) is 37.3. The van der Waals surface area contributed by atoms with Gasteiger partial charge in [0.05, 0.1) is 89.1 Å². The number of hydrogen-bond donors (Lipinski definition) is 6. The summed E-state index contributed by atoms with van der Waals surface area (Å²) in [6.45, 7) is 3.39. The highest BCUT2D eigenvalue weighted by Gasteiger charge is 2.31. The lowest BCUT2D eigenvalue weighted by atomic mass is 9.90. The van der Waals surface area contributed by atoms with E-state index in [-0.39, 0.29) is 127 Å². The first-order valence-corrected chi connectivity index (χ1v) is 29.7. The van der Waals surface area contributed by atoms with Crippen LogP contribution in [0.2, 0.25) is 20.1 Å². The van der Waals surface area contributed by atoms with Crippen molar-refractivity contribution in [2.45, 2.75) is 60.0 Å². The van der Waals surface area contributed by atoms with Crippen LogP contribution in [0, 0.1) is 0 Å². The predicted molar refractivity (Wildman–Crippen MR) is 295 cm³/mol. The molecule has 0 aromatic heterocycles. The normalized spacial score (nSPS) is 16.8. The minimum atomic E-state index is -3.80. The number of carbonyl (C=O) groups excluding carboxylic acids is 2. The largest absolute Gasteiger partial charge is 0.380 e. The summed E-state index contributed by atoms with van der Waals surface area (Å²) in [7, 11) is -3.65. The average Bonchev–Trinajstić information content (AvgIpc) is 3.43. The lowest BCUT2D eigenvalue weighted by molar-refractivity contribution is -0.146. The Labute approximate surface area is 476 Å². The summed E-state index contributed by atoms with van der Waals surface area (Å²) in [5, 5.41) is 27.4. The summed E-state index contributed by atoms with van der Waals surface area (Å²) in [6.07, 6.45) is -2.77. The highest BCUT2D eigenvalue weighted by Crippen LogP contribution is 2.39. The molecule has 0 spiro atoms. The van der Waals surface area contributed by atoms with Crippen LogP contribution < -0.4 is 20.1 Å². The molecular weight excluding hydrogens is 1140 g/mol. The first-order valence-electron chi connectivity index (χ1n) is 25.3. The van der Waals surface area contributed by atoms with Crippen LogP contribution in [0.15, 0.2) is 82.6 Å². The number of rotatable bonds is 33. The molecule has 6 rings (SSSR count). The number of hydrogen-bond acceptors (Lipinski definition) is 16. The smallest absolute Gasteiger partial charge is 0.252 e. The van der Waals surface area contributed by atoms with Gasteiger partial charge in [-0.3, -0.25) is 19.4 Å². The Morgan fingerprint density at radius 2 is 0.859 bits per heavy atom. The predicted octanol–water partition coefficient (Wildman–Crippen LogP) is 4.07. The molecule has 0 radical (unpaired) electrons. The van der Waals surface area contributed by atoms with E-state index < -0.39 is 44.1 Å². The lowest BCUT2D eigenvalue weighted by Gasteiger charge is -2.35. The maximum atomic E-state index is 13.1. The number of aliphatic hydroxyl groups excluding tert-OH is 2. The molecule has 0 aliphatic carbocycles. The number of nitrogens with zero attached hydrogens (tertiary/aromatic N) is 2. The van der Waals surface area contributed by atoms with Crippen molar-refractivity contribution in [2.24, 2.45) is 0 Å². The number of likely N-dealkylation sites (N-methyl/N-ethyl adjacent to an activating group) is 2. The number of sulfonamides is 2. The molecule has 20 nitrogen and oxygen atoms in total. The third kappa shape index (κ3) is 19.3. The van der Waals surface area contributed by atoms with Crippen molar-refractivity contribution in [1.82, 2.24) is 29.9 Å². The van der Waals surface area contributed by atoms with Crippen molar-refractivity contribution in [2.75, 3.05) is 120 Å². The molecule has 0 fully saturated rings. The van der Waals surface area contributed by atoms with Crippen molar-refractivity contribution < 1.29 is 65.1 Å². The van der Waals surface area contributed by atoms with Crippen LogP contribution in [-0.2, 0) is 84.0 Å². The highest BCUT2D eigenvalue weighted by molar-refractivity contribution is 7.89. The van der Waals surface area contributed by atoms with Crippen LogP contribution in [-0.4, -0.2) is 180 Å². The molecule has 78 heavy (non-hydrogen) atoms. The van der Waals surface area contributed by atoms with Crippen LogP contribution in [0.4, 0.5) is 0 Å². The summed E-state index contributed by atoms with van der Waals surface area (Å²) in [4.78, 5) is 29.1. The van der Waals surface area contributed by atoms with Gasteiger partial charge in [-0.15, -0.1) is 0 Å². The quantitative estimate of drug-likeness (QED) is 0.0368. The van der Waals surface area contributed by atoms with E-state index >= 15 is 0 Å². The van der Waals surface area contributed by atoms with Gasteiger partial charge >= 0.3 is 0 Å². The first kappa shape index (κ1) is 63.6. The number of carbonyl (C=O) groups is 2. The number of nitrogens with one attached hydrogen (secondary N) is 4. The SMILES string of the molecule is CN1Cc2c(Cl)cc(Cl)cc2CC1c1cccc(S(=O)(=O)NCCOCCOCCOCCNC(=O)C(O)C(O)C(=O)NCCOCCOCCOCCNS(=O)(=O)c2cccc(C3Cc4cc(Cl)cc(Cl)c4CN3C)c2)c1. The van der Waals surface area contributed by atoms with E-state index in [4.69, 9.17) is 74.8 Å². The van der Waals surface area contributed by atoms with E-state index in [1.807, 2.05) is 38.4 Å². The molecular formula is C52H68Cl4N6O14S2. The summed E-state index contributed by atoms with van der Waals surface area (Å²) < 4.78 is 90.2. The van der Waals surface area contributed by atoms with Crippen LogP contribution >= 0.6 is 46.4 Å². The summed E-state index contributed by atoms with van der Waals surface area (Å²) >= 11 is 25.4. The van der Waals surface area contributed by atoms with Crippen molar-refractivity contribution in [3.05, 3.63) is 126 Å².